The fraction of sp³-hybridized carbons (Fsp3) is 0.429. The maximum absolute atomic E-state index is 12.8. The first-order valence-electron chi connectivity index (χ1n) is 9.66. The molecule has 2 aliphatic rings. The van der Waals surface area contributed by atoms with Gasteiger partial charge in [0, 0.05) is 29.8 Å². The fourth-order valence-electron chi connectivity index (χ4n) is 3.43. The van der Waals surface area contributed by atoms with E-state index in [2.05, 4.69) is 16.6 Å². The normalized spacial score (nSPS) is 18.0. The third-order valence-electron chi connectivity index (χ3n) is 4.89. The van der Waals surface area contributed by atoms with Crippen LogP contribution in [-0.4, -0.2) is 61.0 Å². The maximum Gasteiger partial charge on any atom is 0.255 e. The highest BCUT2D eigenvalue weighted by molar-refractivity contribution is 6.06. The minimum absolute atomic E-state index is 0.142. The molecule has 1 aromatic carbocycles. The number of fused-ring (bicyclic) bond motifs is 1. The lowest BCUT2D eigenvalue weighted by atomic mass is 10.0. The Balaban J connectivity index is 1.55. The van der Waals surface area contributed by atoms with Gasteiger partial charge in [-0.3, -0.25) is 24.5 Å². The van der Waals surface area contributed by atoms with Crippen LogP contribution in [0.2, 0.25) is 0 Å². The van der Waals surface area contributed by atoms with E-state index in [0.29, 0.717) is 30.0 Å². The molecule has 158 valence electrons. The van der Waals surface area contributed by atoms with Crippen molar-refractivity contribution in [2.45, 2.75) is 31.8 Å². The molecule has 0 aromatic heterocycles. The van der Waals surface area contributed by atoms with Gasteiger partial charge in [0.1, 0.15) is 12.6 Å². The van der Waals surface area contributed by atoms with Crippen LogP contribution in [0, 0.1) is 12.3 Å². The van der Waals surface area contributed by atoms with Gasteiger partial charge >= 0.3 is 0 Å². The van der Waals surface area contributed by atoms with Gasteiger partial charge in [0.2, 0.25) is 17.7 Å². The molecule has 9 nitrogen and oxygen atoms in total. The Morgan fingerprint density at radius 2 is 2.03 bits per heavy atom. The Morgan fingerprint density at radius 1 is 1.23 bits per heavy atom. The van der Waals surface area contributed by atoms with Crippen molar-refractivity contribution in [1.29, 1.82) is 0 Å². The number of piperidine rings is 1. The van der Waals surface area contributed by atoms with Crippen LogP contribution in [0.1, 0.15) is 35.2 Å². The van der Waals surface area contributed by atoms with Crippen molar-refractivity contribution in [3.8, 4) is 12.3 Å². The van der Waals surface area contributed by atoms with Crippen molar-refractivity contribution in [3.63, 3.8) is 0 Å². The van der Waals surface area contributed by atoms with Crippen LogP contribution in [0.3, 0.4) is 0 Å². The topological polar surface area (TPSA) is 114 Å². The van der Waals surface area contributed by atoms with Crippen molar-refractivity contribution >= 4 is 29.3 Å². The summed E-state index contributed by atoms with van der Waals surface area (Å²) in [6.45, 7) is 1.33. The Morgan fingerprint density at radius 3 is 2.80 bits per heavy atom. The molecule has 2 heterocycles. The molecule has 3 rings (SSSR count). The number of carbonyl (C=O) groups is 4. The summed E-state index contributed by atoms with van der Waals surface area (Å²) in [6, 6.07) is 4.36. The number of nitrogens with zero attached hydrogens (tertiary/aromatic N) is 1. The van der Waals surface area contributed by atoms with Crippen LogP contribution in [0.4, 0.5) is 5.69 Å². The number of terminal acetylenes is 1. The van der Waals surface area contributed by atoms with Crippen molar-refractivity contribution in [1.82, 2.24) is 10.2 Å². The van der Waals surface area contributed by atoms with Crippen LogP contribution in [0.25, 0.3) is 0 Å². The van der Waals surface area contributed by atoms with Crippen LogP contribution in [0.15, 0.2) is 18.2 Å². The summed E-state index contributed by atoms with van der Waals surface area (Å²) in [5.74, 6) is 1.01. The minimum atomic E-state index is -0.698. The lowest BCUT2D eigenvalue weighted by Gasteiger charge is -2.29. The van der Waals surface area contributed by atoms with E-state index < -0.39 is 11.9 Å². The van der Waals surface area contributed by atoms with Crippen LogP contribution >= 0.6 is 0 Å². The molecule has 0 saturated carbocycles. The molecule has 2 N–H and O–H groups in total. The second-order valence-corrected chi connectivity index (χ2v) is 6.90. The van der Waals surface area contributed by atoms with Crippen LogP contribution in [-0.2, 0) is 30.4 Å². The van der Waals surface area contributed by atoms with Crippen molar-refractivity contribution in [3.05, 3.63) is 29.3 Å². The summed E-state index contributed by atoms with van der Waals surface area (Å²) in [7, 11) is 0. The molecule has 0 spiro atoms. The lowest BCUT2D eigenvalue weighted by Crippen LogP contribution is -2.52. The summed E-state index contributed by atoms with van der Waals surface area (Å²) in [5, 5.41) is 5.08. The van der Waals surface area contributed by atoms with E-state index in [-0.39, 0.29) is 56.7 Å². The standard InChI is InChI=1S/C21H23N3O6/c1-2-9-29-11-12-30-10-8-19(26)22-16-5-3-4-14-15(16)13-24(21(14)28)17-6-7-18(25)23-20(17)27/h1,3-5,17H,6-13H2,(H,22,26)(H,23,25,27). The van der Waals surface area contributed by atoms with E-state index in [1.54, 1.807) is 18.2 Å². The summed E-state index contributed by atoms with van der Waals surface area (Å²) in [5.41, 5.74) is 1.63. The Hall–Kier alpha value is -3.22. The monoisotopic (exact) mass is 413 g/mol. The van der Waals surface area contributed by atoms with Gasteiger partial charge in [-0.05, 0) is 18.6 Å². The molecule has 4 amide bonds. The lowest BCUT2D eigenvalue weighted by molar-refractivity contribution is -0.137. The molecular formula is C21H23N3O6. The van der Waals surface area contributed by atoms with Crippen molar-refractivity contribution in [2.24, 2.45) is 0 Å². The zero-order chi connectivity index (χ0) is 21.5. The SMILES string of the molecule is C#CCOCCOCCC(=O)Nc1cccc2c1CN(C1CCC(=O)NC1=O)C2=O. The average molecular weight is 413 g/mol. The maximum atomic E-state index is 12.8. The van der Waals surface area contributed by atoms with Crippen molar-refractivity contribution in [2.75, 3.05) is 31.7 Å². The van der Waals surface area contributed by atoms with Gasteiger partial charge in [-0.1, -0.05) is 12.0 Å². The Bertz CT molecular complexity index is 891. The second-order valence-electron chi connectivity index (χ2n) is 6.90. The number of nitrogens with one attached hydrogen (secondary N) is 2. The number of carbonyl (C=O) groups excluding carboxylic acids is 4. The third kappa shape index (κ3) is 5.03. The molecule has 1 fully saturated rings. The molecule has 1 atom stereocenters. The molecule has 30 heavy (non-hydrogen) atoms. The molecule has 1 saturated heterocycles. The zero-order valence-corrected chi connectivity index (χ0v) is 16.4. The minimum Gasteiger partial charge on any atom is -0.379 e. The molecular weight excluding hydrogens is 390 g/mol. The molecule has 0 aliphatic carbocycles. The molecule has 9 heteroatoms. The van der Waals surface area contributed by atoms with Crippen LogP contribution in [0.5, 0.6) is 0 Å². The van der Waals surface area contributed by atoms with Gasteiger partial charge in [0.05, 0.1) is 26.2 Å². The van der Waals surface area contributed by atoms with Gasteiger partial charge in [-0.2, -0.15) is 0 Å². The highest BCUT2D eigenvalue weighted by Gasteiger charge is 2.39. The smallest absolute Gasteiger partial charge is 0.255 e. The van der Waals surface area contributed by atoms with E-state index in [1.165, 1.54) is 4.90 Å². The number of imide groups is 1. The number of anilines is 1. The largest absolute Gasteiger partial charge is 0.379 e. The van der Waals surface area contributed by atoms with E-state index >= 15 is 0 Å². The van der Waals surface area contributed by atoms with Gasteiger partial charge in [0.15, 0.2) is 0 Å². The molecule has 2 aliphatic heterocycles. The van der Waals surface area contributed by atoms with E-state index in [4.69, 9.17) is 15.9 Å². The first-order chi connectivity index (χ1) is 14.5. The summed E-state index contributed by atoms with van der Waals surface area (Å²) in [4.78, 5) is 50.0. The Kier molecular flexibility index (Phi) is 7.17. The van der Waals surface area contributed by atoms with Gasteiger partial charge < -0.3 is 19.7 Å². The second kappa shape index (κ2) is 10.0. The first-order valence-corrected chi connectivity index (χ1v) is 9.66. The molecule has 1 aromatic rings. The molecule has 1 unspecified atom stereocenters. The van der Waals surface area contributed by atoms with Crippen molar-refractivity contribution < 1.29 is 28.7 Å². The van der Waals surface area contributed by atoms with E-state index in [1.807, 2.05) is 0 Å². The van der Waals surface area contributed by atoms with Gasteiger partial charge in [-0.25, -0.2) is 0 Å². The van der Waals surface area contributed by atoms with Crippen LogP contribution < -0.4 is 10.6 Å². The number of amides is 4. The quantitative estimate of drug-likeness (QED) is 0.345. The zero-order valence-electron chi connectivity index (χ0n) is 16.4. The number of rotatable bonds is 9. The first kappa shape index (κ1) is 21.5. The Labute approximate surface area is 174 Å². The predicted molar refractivity (Wildman–Crippen MR) is 106 cm³/mol. The van der Waals surface area contributed by atoms with E-state index in [9.17, 15) is 19.2 Å². The number of ether oxygens (including phenoxy) is 2. The highest BCUT2D eigenvalue weighted by atomic mass is 16.5. The molecule has 0 radical (unpaired) electrons. The van der Waals surface area contributed by atoms with Gasteiger partial charge in [0.25, 0.3) is 5.91 Å². The average Bonchev–Trinajstić information content (AvgIpc) is 3.05. The highest BCUT2D eigenvalue weighted by Crippen LogP contribution is 2.32. The summed E-state index contributed by atoms with van der Waals surface area (Å²) < 4.78 is 10.4. The molecule has 0 bridgehead atoms. The predicted octanol–water partition coefficient (Wildman–Crippen LogP) is 0.443. The number of benzene rings is 1. The van der Waals surface area contributed by atoms with E-state index in [0.717, 1.165) is 0 Å². The fourth-order valence-corrected chi connectivity index (χ4v) is 3.43. The van der Waals surface area contributed by atoms with Gasteiger partial charge in [-0.15, -0.1) is 6.42 Å². The summed E-state index contributed by atoms with van der Waals surface area (Å²) >= 11 is 0. The third-order valence-corrected chi connectivity index (χ3v) is 4.89. The number of hydrogen-bond donors (Lipinski definition) is 2. The summed E-state index contributed by atoms with van der Waals surface area (Å²) in [6.07, 6.45) is 5.68. The number of hydrogen-bond acceptors (Lipinski definition) is 6.